The van der Waals surface area contributed by atoms with Crippen LogP contribution in [0.5, 0.6) is 0 Å². The fraction of sp³-hybridized carbons (Fsp3) is 0. The van der Waals surface area contributed by atoms with Crippen molar-refractivity contribution in [2.75, 3.05) is 10.6 Å². The average molecular weight is 371 g/mol. The third-order valence-corrected chi connectivity index (χ3v) is 4.75. The normalized spacial score (nSPS) is 10.2. The Morgan fingerprint density at radius 2 is 1.46 bits per heavy atom. The van der Waals surface area contributed by atoms with E-state index < -0.39 is 0 Å². The van der Waals surface area contributed by atoms with E-state index >= 15 is 0 Å². The molecular formula is C19H15ClN2S2. The third kappa shape index (κ3) is 4.74. The molecule has 0 heterocycles. The van der Waals surface area contributed by atoms with E-state index in [1.165, 1.54) is 4.90 Å². The SMILES string of the molecule is S=C(Nc1ccc(Cl)cc1)Nc1ccccc1Sc1ccccc1. The summed E-state index contributed by atoms with van der Waals surface area (Å²) < 4.78 is 0. The average Bonchev–Trinajstić information content (AvgIpc) is 2.60. The van der Waals surface area contributed by atoms with Crippen LogP contribution in [0.25, 0.3) is 0 Å². The topological polar surface area (TPSA) is 24.1 Å². The lowest BCUT2D eigenvalue weighted by Gasteiger charge is -2.14. The van der Waals surface area contributed by atoms with E-state index in [1.54, 1.807) is 11.8 Å². The minimum absolute atomic E-state index is 0.540. The van der Waals surface area contributed by atoms with Gasteiger partial charge in [0.05, 0.1) is 5.69 Å². The van der Waals surface area contributed by atoms with Crippen LogP contribution in [0.1, 0.15) is 0 Å². The third-order valence-electron chi connectivity index (χ3n) is 3.21. The number of hydrogen-bond acceptors (Lipinski definition) is 2. The second-order valence-electron chi connectivity index (χ2n) is 5.00. The minimum Gasteiger partial charge on any atom is -0.332 e. The summed E-state index contributed by atoms with van der Waals surface area (Å²) in [5.41, 5.74) is 1.86. The molecule has 0 aromatic heterocycles. The van der Waals surface area contributed by atoms with Crippen LogP contribution >= 0.6 is 35.6 Å². The Balaban J connectivity index is 1.70. The molecule has 0 aliphatic carbocycles. The number of thiocarbonyl (C=S) groups is 1. The van der Waals surface area contributed by atoms with Gasteiger partial charge in [0.25, 0.3) is 0 Å². The Kier molecular flexibility index (Phi) is 5.75. The molecule has 24 heavy (non-hydrogen) atoms. The van der Waals surface area contributed by atoms with Crippen molar-refractivity contribution in [3.63, 3.8) is 0 Å². The Labute approximate surface area is 156 Å². The molecule has 0 fully saturated rings. The lowest BCUT2D eigenvalue weighted by Crippen LogP contribution is -2.19. The smallest absolute Gasteiger partial charge is 0.175 e. The van der Waals surface area contributed by atoms with Crippen LogP contribution in [0.2, 0.25) is 5.02 Å². The Bertz CT molecular complexity index is 820. The fourth-order valence-electron chi connectivity index (χ4n) is 2.09. The van der Waals surface area contributed by atoms with Gasteiger partial charge in [-0.25, -0.2) is 0 Å². The van der Waals surface area contributed by atoms with Crippen molar-refractivity contribution >= 4 is 52.1 Å². The highest BCUT2D eigenvalue weighted by Crippen LogP contribution is 2.33. The molecule has 3 rings (SSSR count). The molecule has 2 N–H and O–H groups in total. The van der Waals surface area contributed by atoms with Crippen LogP contribution in [0.3, 0.4) is 0 Å². The van der Waals surface area contributed by atoms with Crippen LogP contribution < -0.4 is 10.6 Å². The molecule has 0 saturated heterocycles. The van der Waals surface area contributed by atoms with Gasteiger partial charge < -0.3 is 10.6 Å². The maximum absolute atomic E-state index is 5.90. The molecule has 3 aromatic rings. The zero-order valence-electron chi connectivity index (χ0n) is 12.7. The van der Waals surface area contributed by atoms with Crippen LogP contribution in [0.15, 0.2) is 88.7 Å². The van der Waals surface area contributed by atoms with E-state index in [0.29, 0.717) is 10.1 Å². The van der Waals surface area contributed by atoms with Gasteiger partial charge in [-0.05, 0) is 60.7 Å². The molecule has 0 radical (unpaired) electrons. The van der Waals surface area contributed by atoms with E-state index in [-0.39, 0.29) is 0 Å². The highest BCUT2D eigenvalue weighted by Gasteiger charge is 2.06. The van der Waals surface area contributed by atoms with Crippen molar-refractivity contribution in [2.24, 2.45) is 0 Å². The summed E-state index contributed by atoms with van der Waals surface area (Å²) in [5.74, 6) is 0. The molecule has 2 nitrogen and oxygen atoms in total. The monoisotopic (exact) mass is 370 g/mol. The van der Waals surface area contributed by atoms with Gasteiger partial charge in [0, 0.05) is 20.5 Å². The number of benzene rings is 3. The first-order valence-corrected chi connectivity index (χ1v) is 8.96. The van der Waals surface area contributed by atoms with Gasteiger partial charge in [-0.15, -0.1) is 0 Å². The maximum atomic E-state index is 5.90. The highest BCUT2D eigenvalue weighted by molar-refractivity contribution is 7.99. The lowest BCUT2D eigenvalue weighted by atomic mass is 10.3. The van der Waals surface area contributed by atoms with E-state index in [1.807, 2.05) is 60.7 Å². The van der Waals surface area contributed by atoms with Crippen LogP contribution in [-0.2, 0) is 0 Å². The maximum Gasteiger partial charge on any atom is 0.175 e. The lowest BCUT2D eigenvalue weighted by molar-refractivity contribution is 1.40. The van der Waals surface area contributed by atoms with Gasteiger partial charge in [-0.3, -0.25) is 0 Å². The zero-order chi connectivity index (χ0) is 16.8. The Morgan fingerprint density at radius 1 is 0.792 bits per heavy atom. The van der Waals surface area contributed by atoms with E-state index in [2.05, 4.69) is 28.8 Å². The molecule has 0 bridgehead atoms. The van der Waals surface area contributed by atoms with Crippen molar-refractivity contribution < 1.29 is 0 Å². The second-order valence-corrected chi connectivity index (χ2v) is 6.96. The van der Waals surface area contributed by atoms with E-state index in [0.717, 1.165) is 16.3 Å². The van der Waals surface area contributed by atoms with E-state index in [4.69, 9.17) is 23.8 Å². The molecule has 0 aliphatic rings. The van der Waals surface area contributed by atoms with Gasteiger partial charge >= 0.3 is 0 Å². The Morgan fingerprint density at radius 3 is 2.21 bits per heavy atom. The minimum atomic E-state index is 0.540. The number of halogens is 1. The van der Waals surface area contributed by atoms with Gasteiger partial charge in [0.1, 0.15) is 0 Å². The Hall–Kier alpha value is -2.01. The van der Waals surface area contributed by atoms with Crippen LogP contribution in [0, 0.1) is 0 Å². The number of para-hydroxylation sites is 1. The second kappa shape index (κ2) is 8.20. The molecule has 0 unspecified atom stereocenters. The van der Waals surface area contributed by atoms with Crippen molar-refractivity contribution in [1.29, 1.82) is 0 Å². The zero-order valence-corrected chi connectivity index (χ0v) is 15.1. The molecule has 0 amide bonds. The standard InChI is InChI=1S/C19H15ClN2S2/c20-14-10-12-15(13-11-14)21-19(23)22-17-8-4-5-9-18(17)24-16-6-2-1-3-7-16/h1-13H,(H2,21,22,23). The summed E-state index contributed by atoms with van der Waals surface area (Å²) >= 11 is 13.0. The molecule has 5 heteroatoms. The predicted molar refractivity (Wildman–Crippen MR) is 108 cm³/mol. The fourth-order valence-corrected chi connectivity index (χ4v) is 3.37. The molecule has 0 saturated carbocycles. The van der Waals surface area contributed by atoms with Gasteiger partial charge in [0.15, 0.2) is 5.11 Å². The van der Waals surface area contributed by atoms with Crippen molar-refractivity contribution in [1.82, 2.24) is 0 Å². The first-order chi connectivity index (χ1) is 11.7. The van der Waals surface area contributed by atoms with Crippen molar-refractivity contribution in [2.45, 2.75) is 9.79 Å². The number of rotatable bonds is 4. The summed E-state index contributed by atoms with van der Waals surface area (Å²) in [4.78, 5) is 2.30. The van der Waals surface area contributed by atoms with Gasteiger partial charge in [-0.2, -0.15) is 0 Å². The van der Waals surface area contributed by atoms with Crippen molar-refractivity contribution in [3.8, 4) is 0 Å². The molecule has 3 aromatic carbocycles. The summed E-state index contributed by atoms with van der Waals surface area (Å²) in [6.45, 7) is 0. The number of anilines is 2. The van der Waals surface area contributed by atoms with Gasteiger partial charge in [0.2, 0.25) is 0 Å². The summed E-state index contributed by atoms with van der Waals surface area (Å²) in [6, 6.07) is 25.8. The van der Waals surface area contributed by atoms with Crippen LogP contribution in [0.4, 0.5) is 11.4 Å². The molecule has 0 atom stereocenters. The summed E-state index contributed by atoms with van der Waals surface area (Å²) in [6.07, 6.45) is 0. The number of nitrogens with one attached hydrogen (secondary N) is 2. The van der Waals surface area contributed by atoms with Gasteiger partial charge in [-0.1, -0.05) is 53.7 Å². The quantitative estimate of drug-likeness (QED) is 0.526. The highest BCUT2D eigenvalue weighted by atomic mass is 35.5. The molecule has 0 aliphatic heterocycles. The summed E-state index contributed by atoms with van der Waals surface area (Å²) in [7, 11) is 0. The largest absolute Gasteiger partial charge is 0.332 e. The molecule has 120 valence electrons. The first-order valence-electron chi connectivity index (χ1n) is 7.36. The molecule has 0 spiro atoms. The number of hydrogen-bond donors (Lipinski definition) is 2. The first kappa shape index (κ1) is 16.8. The van der Waals surface area contributed by atoms with E-state index in [9.17, 15) is 0 Å². The van der Waals surface area contributed by atoms with Crippen LogP contribution in [-0.4, -0.2) is 5.11 Å². The van der Waals surface area contributed by atoms with Crippen molar-refractivity contribution in [3.05, 3.63) is 83.9 Å². The molecular weight excluding hydrogens is 356 g/mol. The summed E-state index contributed by atoms with van der Waals surface area (Å²) in [5, 5.41) is 7.66. The predicted octanol–water partition coefficient (Wildman–Crippen LogP) is 6.30.